The largest absolute Gasteiger partial charge is 0.492 e. The number of para-hydroxylation sites is 1. The smallest absolute Gasteiger partial charge is 0.255 e. The summed E-state index contributed by atoms with van der Waals surface area (Å²) >= 11 is 0. The van der Waals surface area contributed by atoms with E-state index >= 15 is 0 Å². The summed E-state index contributed by atoms with van der Waals surface area (Å²) in [5.74, 6) is 0.882. The molecule has 2 amide bonds. The minimum absolute atomic E-state index is 0.0712. The van der Waals surface area contributed by atoms with Crippen LogP contribution in [-0.4, -0.2) is 52.2 Å². The number of benzene rings is 1. The van der Waals surface area contributed by atoms with Gasteiger partial charge < -0.3 is 15.0 Å². The Kier molecular flexibility index (Phi) is 5.83. The maximum Gasteiger partial charge on any atom is 0.255 e. The van der Waals surface area contributed by atoms with Crippen LogP contribution in [0.1, 0.15) is 41.6 Å². The number of carbonyl (C=O) groups excluding carboxylic acids is 2. The summed E-state index contributed by atoms with van der Waals surface area (Å²) in [6, 6.07) is 7.69. The predicted molar refractivity (Wildman–Crippen MR) is 109 cm³/mol. The normalized spacial score (nSPS) is 19.1. The summed E-state index contributed by atoms with van der Waals surface area (Å²) < 4.78 is 7.72. The lowest BCUT2D eigenvalue weighted by atomic mass is 9.99. The predicted octanol–water partition coefficient (Wildman–Crippen LogP) is 2.40. The van der Waals surface area contributed by atoms with Gasteiger partial charge in [-0.15, -0.1) is 0 Å². The zero-order valence-corrected chi connectivity index (χ0v) is 16.8. The molecule has 7 heteroatoms. The average Bonchev–Trinajstić information content (AvgIpc) is 3.45. The zero-order valence-electron chi connectivity index (χ0n) is 16.8. The number of carbonyl (C=O) groups is 2. The first-order valence-electron chi connectivity index (χ1n) is 10.4. The topological polar surface area (TPSA) is 76.5 Å². The highest BCUT2D eigenvalue weighted by atomic mass is 16.5. The molecular formula is C22H28N4O3. The van der Waals surface area contributed by atoms with E-state index in [4.69, 9.17) is 4.74 Å². The quantitative estimate of drug-likeness (QED) is 0.780. The van der Waals surface area contributed by atoms with Crippen LogP contribution in [0.15, 0.2) is 36.7 Å². The van der Waals surface area contributed by atoms with Gasteiger partial charge in [-0.2, -0.15) is 5.10 Å². The van der Waals surface area contributed by atoms with Gasteiger partial charge in [-0.05, 0) is 50.3 Å². The molecule has 0 spiro atoms. The highest BCUT2D eigenvalue weighted by Gasteiger charge is 2.27. The SMILES string of the molecule is Cc1cnn(CC(=O)N2CCCC(COc3ccccc3C(=O)NC3CC3)C2)c1. The first-order chi connectivity index (χ1) is 14.1. The Morgan fingerprint density at radius 1 is 1.24 bits per heavy atom. The summed E-state index contributed by atoms with van der Waals surface area (Å²) in [6.45, 7) is 4.18. The summed E-state index contributed by atoms with van der Waals surface area (Å²) in [4.78, 5) is 27.0. The van der Waals surface area contributed by atoms with Gasteiger partial charge in [-0.1, -0.05) is 12.1 Å². The molecule has 154 valence electrons. The molecular weight excluding hydrogens is 368 g/mol. The lowest BCUT2D eigenvalue weighted by Gasteiger charge is -2.32. The van der Waals surface area contributed by atoms with Gasteiger partial charge in [0.05, 0.1) is 18.4 Å². The third-order valence-electron chi connectivity index (χ3n) is 5.45. The van der Waals surface area contributed by atoms with E-state index in [1.807, 2.05) is 36.2 Å². The number of piperidine rings is 1. The maximum atomic E-state index is 12.6. The summed E-state index contributed by atoms with van der Waals surface area (Å²) in [5, 5.41) is 7.22. The van der Waals surface area contributed by atoms with Crippen LogP contribution < -0.4 is 10.1 Å². The molecule has 1 saturated heterocycles. The fourth-order valence-corrected chi connectivity index (χ4v) is 3.70. The van der Waals surface area contributed by atoms with Crippen LogP contribution in [0.5, 0.6) is 5.75 Å². The number of nitrogens with zero attached hydrogens (tertiary/aromatic N) is 3. The van der Waals surface area contributed by atoms with Crippen molar-refractivity contribution in [2.24, 2.45) is 5.92 Å². The van der Waals surface area contributed by atoms with Crippen LogP contribution in [0.2, 0.25) is 0 Å². The molecule has 1 aromatic carbocycles. The van der Waals surface area contributed by atoms with Crippen molar-refractivity contribution in [2.75, 3.05) is 19.7 Å². The molecule has 2 aliphatic rings. The highest BCUT2D eigenvalue weighted by molar-refractivity contribution is 5.97. The van der Waals surface area contributed by atoms with E-state index in [9.17, 15) is 9.59 Å². The fourth-order valence-electron chi connectivity index (χ4n) is 3.70. The third kappa shape index (κ3) is 5.16. The van der Waals surface area contributed by atoms with Gasteiger partial charge in [0.1, 0.15) is 12.3 Å². The number of hydrogen-bond donors (Lipinski definition) is 1. The Labute approximate surface area is 171 Å². The molecule has 1 aromatic heterocycles. The fraction of sp³-hybridized carbons (Fsp3) is 0.500. The average molecular weight is 396 g/mol. The summed E-state index contributed by atoms with van der Waals surface area (Å²) in [7, 11) is 0. The van der Waals surface area contributed by atoms with Gasteiger partial charge in [-0.25, -0.2) is 0 Å². The maximum absolute atomic E-state index is 12.6. The van der Waals surface area contributed by atoms with Crippen LogP contribution >= 0.6 is 0 Å². The van der Waals surface area contributed by atoms with Crippen molar-refractivity contribution in [1.29, 1.82) is 0 Å². The Morgan fingerprint density at radius 3 is 2.83 bits per heavy atom. The molecule has 7 nitrogen and oxygen atoms in total. The number of aryl methyl sites for hydroxylation is 1. The van der Waals surface area contributed by atoms with E-state index in [0.717, 1.165) is 37.8 Å². The standard InChI is InChI=1S/C22H28N4O3/c1-16-11-23-26(12-16)14-21(27)25-10-4-5-17(13-25)15-29-20-7-3-2-6-19(20)22(28)24-18-8-9-18/h2-3,6-7,11-12,17-18H,4-5,8-10,13-15H2,1H3,(H,24,28). The van der Waals surface area contributed by atoms with Crippen molar-refractivity contribution in [2.45, 2.75) is 45.2 Å². The monoisotopic (exact) mass is 396 g/mol. The first kappa shape index (κ1) is 19.5. The molecule has 1 N–H and O–H groups in total. The Hall–Kier alpha value is -2.83. The van der Waals surface area contributed by atoms with Gasteiger partial charge in [0.15, 0.2) is 0 Å². The molecule has 1 aliphatic heterocycles. The van der Waals surface area contributed by atoms with E-state index in [1.165, 1.54) is 0 Å². The summed E-state index contributed by atoms with van der Waals surface area (Å²) in [6.07, 6.45) is 7.73. The van der Waals surface area contributed by atoms with Crippen LogP contribution in [0.4, 0.5) is 0 Å². The number of nitrogens with one attached hydrogen (secondary N) is 1. The van der Waals surface area contributed by atoms with E-state index < -0.39 is 0 Å². The van der Waals surface area contributed by atoms with Crippen molar-refractivity contribution in [3.05, 3.63) is 47.8 Å². The lowest BCUT2D eigenvalue weighted by molar-refractivity contribution is -0.134. The minimum Gasteiger partial charge on any atom is -0.492 e. The minimum atomic E-state index is -0.0712. The third-order valence-corrected chi connectivity index (χ3v) is 5.45. The van der Waals surface area contributed by atoms with Crippen molar-refractivity contribution < 1.29 is 14.3 Å². The number of hydrogen-bond acceptors (Lipinski definition) is 4. The molecule has 1 unspecified atom stereocenters. The van der Waals surface area contributed by atoms with E-state index in [1.54, 1.807) is 16.9 Å². The Bertz CT molecular complexity index is 874. The Morgan fingerprint density at radius 2 is 2.07 bits per heavy atom. The summed E-state index contributed by atoms with van der Waals surface area (Å²) in [5.41, 5.74) is 1.63. The molecule has 1 aliphatic carbocycles. The number of aromatic nitrogens is 2. The zero-order chi connectivity index (χ0) is 20.2. The van der Waals surface area contributed by atoms with Gasteiger partial charge in [0.25, 0.3) is 5.91 Å². The molecule has 1 atom stereocenters. The van der Waals surface area contributed by atoms with Crippen LogP contribution in [0.25, 0.3) is 0 Å². The number of ether oxygens (including phenoxy) is 1. The van der Waals surface area contributed by atoms with E-state index in [2.05, 4.69) is 10.4 Å². The molecule has 1 saturated carbocycles. The second kappa shape index (κ2) is 8.68. The van der Waals surface area contributed by atoms with Crippen molar-refractivity contribution in [1.82, 2.24) is 20.0 Å². The van der Waals surface area contributed by atoms with Crippen LogP contribution in [-0.2, 0) is 11.3 Å². The van der Waals surface area contributed by atoms with Crippen molar-refractivity contribution >= 4 is 11.8 Å². The number of rotatable bonds is 7. The molecule has 29 heavy (non-hydrogen) atoms. The molecule has 2 heterocycles. The number of amides is 2. The second-order valence-corrected chi connectivity index (χ2v) is 8.12. The Balaban J connectivity index is 1.32. The van der Waals surface area contributed by atoms with Crippen LogP contribution in [0.3, 0.4) is 0 Å². The molecule has 0 radical (unpaired) electrons. The van der Waals surface area contributed by atoms with Gasteiger partial charge >= 0.3 is 0 Å². The van der Waals surface area contributed by atoms with Gasteiger partial charge in [0, 0.05) is 31.2 Å². The molecule has 2 fully saturated rings. The van der Waals surface area contributed by atoms with Crippen molar-refractivity contribution in [3.8, 4) is 5.75 Å². The van der Waals surface area contributed by atoms with Crippen molar-refractivity contribution in [3.63, 3.8) is 0 Å². The molecule has 0 bridgehead atoms. The lowest BCUT2D eigenvalue weighted by Crippen LogP contribution is -2.43. The highest BCUT2D eigenvalue weighted by Crippen LogP contribution is 2.24. The van der Waals surface area contributed by atoms with Crippen LogP contribution in [0, 0.1) is 12.8 Å². The van der Waals surface area contributed by atoms with Gasteiger partial charge in [0.2, 0.25) is 5.91 Å². The molecule has 2 aromatic rings. The van der Waals surface area contributed by atoms with Gasteiger partial charge in [-0.3, -0.25) is 14.3 Å². The first-order valence-corrected chi connectivity index (χ1v) is 10.4. The van der Waals surface area contributed by atoms with E-state index in [0.29, 0.717) is 30.5 Å². The number of likely N-dealkylation sites (tertiary alicyclic amines) is 1. The second-order valence-electron chi connectivity index (χ2n) is 8.12. The molecule has 4 rings (SSSR count). The van der Waals surface area contributed by atoms with E-state index in [-0.39, 0.29) is 24.3 Å².